The van der Waals surface area contributed by atoms with Gasteiger partial charge in [0.25, 0.3) is 0 Å². The Kier molecular flexibility index (Phi) is 10.9. The average molecular weight is 469 g/mol. The Labute approximate surface area is 200 Å². The minimum atomic E-state index is -0.0686. The van der Waals surface area contributed by atoms with Gasteiger partial charge in [0.2, 0.25) is 0 Å². The lowest BCUT2D eigenvalue weighted by molar-refractivity contribution is -0.102. The van der Waals surface area contributed by atoms with Crippen molar-refractivity contribution in [3.8, 4) is 11.5 Å². The van der Waals surface area contributed by atoms with Gasteiger partial charge in [-0.2, -0.15) is 0 Å². The van der Waals surface area contributed by atoms with E-state index >= 15 is 0 Å². The third kappa shape index (κ3) is 9.06. The van der Waals surface area contributed by atoms with Crippen LogP contribution in [0.4, 0.5) is 0 Å². The Morgan fingerprint density at radius 1 is 0.667 bits per heavy atom. The number of ether oxygens (including phenoxy) is 7. The first-order valence-corrected chi connectivity index (χ1v) is 11.8. The van der Waals surface area contributed by atoms with Gasteiger partial charge in [0.05, 0.1) is 79.3 Å². The summed E-state index contributed by atoms with van der Waals surface area (Å²) in [5.74, 6) is 1.50. The topological polar surface area (TPSA) is 64.6 Å². The third-order valence-corrected chi connectivity index (χ3v) is 5.73. The molecule has 0 saturated carbocycles. The Balaban J connectivity index is 2.26. The molecule has 1 heterocycles. The van der Waals surface area contributed by atoms with Gasteiger partial charge in [-0.15, -0.1) is 0 Å². The van der Waals surface area contributed by atoms with Gasteiger partial charge in [-0.3, -0.25) is 0 Å². The monoisotopic (exact) mass is 468 g/mol. The molecule has 0 aliphatic carbocycles. The summed E-state index contributed by atoms with van der Waals surface area (Å²) in [6, 6.07) is 3.89. The van der Waals surface area contributed by atoms with Crippen LogP contribution in [0.5, 0.6) is 11.5 Å². The maximum absolute atomic E-state index is 6.12. The van der Waals surface area contributed by atoms with Gasteiger partial charge in [0.1, 0.15) is 11.5 Å². The lowest BCUT2D eigenvalue weighted by Gasteiger charge is -2.31. The van der Waals surface area contributed by atoms with E-state index in [-0.39, 0.29) is 23.0 Å². The minimum absolute atomic E-state index is 0.0681. The van der Waals surface area contributed by atoms with E-state index in [1.165, 1.54) is 0 Å². The molecular formula is C26H44O7. The predicted octanol–water partition coefficient (Wildman–Crippen LogP) is 4.63. The van der Waals surface area contributed by atoms with Crippen molar-refractivity contribution in [3.05, 3.63) is 23.3 Å². The Bertz CT molecular complexity index is 653. The van der Waals surface area contributed by atoms with Gasteiger partial charge in [-0.25, -0.2) is 0 Å². The number of methoxy groups -OCH3 is 2. The molecule has 7 nitrogen and oxygen atoms in total. The highest BCUT2D eigenvalue weighted by molar-refractivity contribution is 5.47. The van der Waals surface area contributed by atoms with E-state index in [9.17, 15) is 0 Å². The maximum atomic E-state index is 6.12. The predicted molar refractivity (Wildman–Crippen MR) is 128 cm³/mol. The van der Waals surface area contributed by atoms with Gasteiger partial charge >= 0.3 is 0 Å². The molecule has 1 aromatic rings. The quantitative estimate of drug-likeness (QED) is 0.627. The molecule has 190 valence electrons. The van der Waals surface area contributed by atoms with Gasteiger partial charge in [0.15, 0.2) is 0 Å². The van der Waals surface area contributed by atoms with Crippen molar-refractivity contribution in [1.29, 1.82) is 0 Å². The molecule has 2 rings (SSSR count). The van der Waals surface area contributed by atoms with E-state index in [0.29, 0.717) is 52.9 Å². The molecule has 0 N–H and O–H groups in total. The second-order valence-electron chi connectivity index (χ2n) is 10.6. The fraction of sp³-hybridized carbons (Fsp3) is 0.769. The van der Waals surface area contributed by atoms with E-state index in [1.807, 2.05) is 12.1 Å². The van der Waals surface area contributed by atoms with E-state index in [2.05, 4.69) is 41.5 Å². The number of hydrogen-bond acceptors (Lipinski definition) is 7. The Morgan fingerprint density at radius 3 is 1.48 bits per heavy atom. The van der Waals surface area contributed by atoms with Crippen molar-refractivity contribution < 1.29 is 33.2 Å². The number of hydrogen-bond donors (Lipinski definition) is 0. The summed E-state index contributed by atoms with van der Waals surface area (Å²) in [6.45, 7) is 16.6. The first-order valence-electron chi connectivity index (χ1n) is 11.8. The van der Waals surface area contributed by atoms with Crippen LogP contribution >= 0.6 is 0 Å². The Morgan fingerprint density at radius 2 is 1.12 bits per heavy atom. The molecule has 1 aromatic carbocycles. The highest BCUT2D eigenvalue weighted by Crippen LogP contribution is 2.32. The molecule has 0 spiro atoms. The summed E-state index contributed by atoms with van der Waals surface area (Å²) in [7, 11) is 3.33. The van der Waals surface area contributed by atoms with E-state index in [1.54, 1.807) is 14.2 Å². The van der Waals surface area contributed by atoms with Crippen molar-refractivity contribution in [2.75, 3.05) is 53.9 Å². The molecule has 7 heteroatoms. The van der Waals surface area contributed by atoms with Crippen LogP contribution in [-0.4, -0.2) is 66.1 Å². The molecule has 0 aromatic heterocycles. The summed E-state index contributed by atoms with van der Waals surface area (Å²) in [5.41, 5.74) is 1.69. The minimum Gasteiger partial charge on any atom is -0.497 e. The summed E-state index contributed by atoms with van der Waals surface area (Å²) in [5, 5.41) is 0. The first kappa shape index (κ1) is 27.9. The zero-order valence-corrected chi connectivity index (χ0v) is 21.8. The normalized spacial score (nSPS) is 22.8. The molecule has 1 aliphatic rings. The van der Waals surface area contributed by atoms with Crippen LogP contribution in [0.2, 0.25) is 0 Å². The van der Waals surface area contributed by atoms with Gasteiger partial charge < -0.3 is 33.2 Å². The van der Waals surface area contributed by atoms with E-state index in [0.717, 1.165) is 22.6 Å². The van der Waals surface area contributed by atoms with Crippen LogP contribution in [0.25, 0.3) is 0 Å². The molecule has 2 atom stereocenters. The second kappa shape index (κ2) is 12.9. The molecule has 0 saturated heterocycles. The Hall–Kier alpha value is -1.38. The SMILES string of the molecule is COc1cc2c(OC)c(c1)COC[C@@H](C(C)(C)C)OCCOCCO[C@H](C(C)(C)C)COC2. The summed E-state index contributed by atoms with van der Waals surface area (Å²) >= 11 is 0. The van der Waals surface area contributed by atoms with Crippen molar-refractivity contribution in [3.63, 3.8) is 0 Å². The maximum Gasteiger partial charge on any atom is 0.130 e. The zero-order valence-electron chi connectivity index (χ0n) is 21.8. The van der Waals surface area contributed by atoms with Crippen molar-refractivity contribution in [2.45, 2.75) is 67.0 Å². The summed E-state index contributed by atoms with van der Waals surface area (Å²) in [6.07, 6.45) is -0.137. The molecule has 33 heavy (non-hydrogen) atoms. The van der Waals surface area contributed by atoms with Crippen LogP contribution < -0.4 is 9.47 Å². The molecule has 1 aliphatic heterocycles. The summed E-state index contributed by atoms with van der Waals surface area (Å²) in [4.78, 5) is 0. The van der Waals surface area contributed by atoms with E-state index in [4.69, 9.17) is 33.2 Å². The van der Waals surface area contributed by atoms with Crippen molar-refractivity contribution >= 4 is 0 Å². The molecule has 0 fully saturated rings. The third-order valence-electron chi connectivity index (χ3n) is 5.73. The standard InChI is InChI=1S/C26H44O7/c1-25(2,3)22-17-30-15-19-13-21(27-7)14-20(24(19)28-8)16-31-18-23(26(4,5)6)33-12-10-29-9-11-32-22/h13-14,22-23H,9-12,15-18H2,1-8H3/t22-,23-/m0/s1. The van der Waals surface area contributed by atoms with Gasteiger partial charge in [-0.1, -0.05) is 41.5 Å². The highest BCUT2D eigenvalue weighted by atomic mass is 16.6. The molecule has 0 unspecified atom stereocenters. The molecular weight excluding hydrogens is 424 g/mol. The highest BCUT2D eigenvalue weighted by Gasteiger charge is 2.27. The largest absolute Gasteiger partial charge is 0.497 e. The zero-order chi connectivity index (χ0) is 24.5. The number of fused-ring (bicyclic) bond motifs is 2. The van der Waals surface area contributed by atoms with Crippen molar-refractivity contribution in [1.82, 2.24) is 0 Å². The molecule has 2 bridgehead atoms. The number of rotatable bonds is 2. The second-order valence-corrected chi connectivity index (χ2v) is 10.6. The van der Waals surface area contributed by atoms with Gasteiger partial charge in [0, 0.05) is 11.1 Å². The fourth-order valence-corrected chi connectivity index (χ4v) is 3.57. The average Bonchev–Trinajstić information content (AvgIpc) is 2.73. The van der Waals surface area contributed by atoms with Crippen molar-refractivity contribution in [2.24, 2.45) is 10.8 Å². The van der Waals surface area contributed by atoms with Gasteiger partial charge in [-0.05, 0) is 23.0 Å². The first-order chi connectivity index (χ1) is 15.6. The van der Waals surface area contributed by atoms with Crippen LogP contribution in [0, 0.1) is 10.8 Å². The van der Waals surface area contributed by atoms with Crippen LogP contribution in [0.1, 0.15) is 52.7 Å². The van der Waals surface area contributed by atoms with E-state index < -0.39 is 0 Å². The number of benzene rings is 1. The smallest absolute Gasteiger partial charge is 0.130 e. The summed E-state index contributed by atoms with van der Waals surface area (Å²) < 4.78 is 41.4. The lowest BCUT2D eigenvalue weighted by atomic mass is 9.89. The molecule has 0 radical (unpaired) electrons. The lowest BCUT2D eigenvalue weighted by Crippen LogP contribution is -2.35. The van der Waals surface area contributed by atoms with Crippen LogP contribution in [-0.2, 0) is 36.9 Å². The molecule has 0 amide bonds. The van der Waals surface area contributed by atoms with Crippen LogP contribution in [0.3, 0.4) is 0 Å². The fourth-order valence-electron chi connectivity index (χ4n) is 3.57. The van der Waals surface area contributed by atoms with Crippen LogP contribution in [0.15, 0.2) is 12.1 Å².